The molecule has 2 saturated heterocycles. The SMILES string of the molecule is C=CCCCCCCCCCCCCCCCC(=O)O[C@@H](COC(=O)CCC/C=C/C/C=C/C/C=C/C/C=C/C/C=C/CC)CO[C@@H]1O[C@H](CO[C@@H]2O[C@H](CO)[C@H](O)C(O)C2O)[C@H](O)C(O)C1O. The van der Waals surface area contributed by atoms with Gasteiger partial charge in [-0.25, -0.2) is 0 Å². The van der Waals surface area contributed by atoms with Crippen LogP contribution in [0.5, 0.6) is 0 Å². The van der Waals surface area contributed by atoms with E-state index in [1.807, 2.05) is 18.2 Å². The smallest absolute Gasteiger partial charge is 0.306 e. The molecule has 2 aliphatic heterocycles. The van der Waals surface area contributed by atoms with Crippen molar-refractivity contribution >= 4 is 11.9 Å². The Labute approximate surface area is 406 Å². The molecule has 0 aromatic heterocycles. The summed E-state index contributed by atoms with van der Waals surface area (Å²) < 4.78 is 33.5. The second-order valence-corrected chi connectivity index (χ2v) is 17.7. The minimum absolute atomic E-state index is 0.136. The number of aliphatic hydroxyl groups is 7. The first-order valence-electron chi connectivity index (χ1n) is 25.5. The Morgan fingerprint density at radius 1 is 0.515 bits per heavy atom. The number of carbonyl (C=O) groups is 2. The largest absolute Gasteiger partial charge is 0.462 e. The summed E-state index contributed by atoms with van der Waals surface area (Å²) in [5.41, 5.74) is 0. The van der Waals surface area contributed by atoms with Crippen LogP contribution in [0.2, 0.25) is 0 Å². The number of hydrogen-bond acceptors (Lipinski definition) is 15. The molecule has 2 fully saturated rings. The molecule has 15 nitrogen and oxygen atoms in total. The molecule has 2 rings (SSSR count). The lowest BCUT2D eigenvalue weighted by Gasteiger charge is -2.42. The Balaban J connectivity index is 1.83. The Morgan fingerprint density at radius 3 is 1.50 bits per heavy atom. The highest BCUT2D eigenvalue weighted by Gasteiger charge is 2.47. The van der Waals surface area contributed by atoms with E-state index in [1.165, 1.54) is 57.8 Å². The predicted molar refractivity (Wildman–Crippen MR) is 261 cm³/mol. The van der Waals surface area contributed by atoms with Gasteiger partial charge in [0.2, 0.25) is 0 Å². The van der Waals surface area contributed by atoms with E-state index in [9.17, 15) is 45.3 Å². The van der Waals surface area contributed by atoms with E-state index in [0.29, 0.717) is 19.3 Å². The molecule has 11 atom stereocenters. The topological polar surface area (TPSA) is 231 Å². The van der Waals surface area contributed by atoms with Gasteiger partial charge in [0, 0.05) is 12.8 Å². The molecule has 2 heterocycles. The highest BCUT2D eigenvalue weighted by Crippen LogP contribution is 2.26. The summed E-state index contributed by atoms with van der Waals surface area (Å²) in [5, 5.41) is 72.1. The first-order valence-corrected chi connectivity index (χ1v) is 25.5. The molecule has 4 unspecified atom stereocenters. The van der Waals surface area contributed by atoms with Gasteiger partial charge in [0.05, 0.1) is 19.8 Å². The minimum atomic E-state index is -1.78. The lowest BCUT2D eigenvalue weighted by Crippen LogP contribution is -2.61. The molecule has 0 saturated carbocycles. The summed E-state index contributed by atoms with van der Waals surface area (Å²) in [4.78, 5) is 25.7. The molecule has 7 N–H and O–H groups in total. The number of hydrogen-bond donors (Lipinski definition) is 7. The predicted octanol–water partition coefficient (Wildman–Crippen LogP) is 7.04. The van der Waals surface area contributed by atoms with Crippen molar-refractivity contribution in [3.8, 4) is 0 Å². The number of rotatable bonds is 39. The summed E-state index contributed by atoms with van der Waals surface area (Å²) >= 11 is 0. The number of aliphatic hydroxyl groups excluding tert-OH is 7. The van der Waals surface area contributed by atoms with Crippen LogP contribution >= 0.6 is 0 Å². The zero-order valence-corrected chi connectivity index (χ0v) is 40.9. The maximum Gasteiger partial charge on any atom is 0.306 e. The zero-order valence-electron chi connectivity index (χ0n) is 40.9. The van der Waals surface area contributed by atoms with Crippen molar-refractivity contribution in [1.82, 2.24) is 0 Å². The van der Waals surface area contributed by atoms with Crippen molar-refractivity contribution in [3.05, 3.63) is 73.4 Å². The van der Waals surface area contributed by atoms with E-state index in [4.69, 9.17) is 28.4 Å². The van der Waals surface area contributed by atoms with Gasteiger partial charge in [0.15, 0.2) is 18.7 Å². The van der Waals surface area contributed by atoms with Gasteiger partial charge in [-0.05, 0) is 64.2 Å². The fraction of sp³-hybridized carbons (Fsp3) is 0.736. The lowest BCUT2D eigenvalue weighted by atomic mass is 9.98. The van der Waals surface area contributed by atoms with Gasteiger partial charge in [0.1, 0.15) is 55.4 Å². The molecule has 0 aromatic rings. The number of unbranched alkanes of at least 4 members (excludes halogenated alkanes) is 14. The number of ether oxygens (including phenoxy) is 6. The van der Waals surface area contributed by atoms with E-state index < -0.39 is 99.3 Å². The fourth-order valence-electron chi connectivity index (χ4n) is 7.64. The first-order chi connectivity index (χ1) is 33.0. The Morgan fingerprint density at radius 2 is 0.971 bits per heavy atom. The Bertz CT molecular complexity index is 1450. The van der Waals surface area contributed by atoms with Crippen LogP contribution in [-0.4, -0.2) is 142 Å². The summed E-state index contributed by atoms with van der Waals surface area (Å²) in [7, 11) is 0. The van der Waals surface area contributed by atoms with Gasteiger partial charge in [-0.15, -0.1) is 6.58 Å². The standard InChI is InChI=1S/C53H88O15/c1-3-5-7-9-11-13-15-17-19-20-22-23-25-27-29-31-33-35-44(55)63-38-41(66-45(56)36-34-32-30-28-26-24-21-18-16-14-12-10-8-6-4-2)39-64-52-51(62)49(60)47(58)43(68-52)40-65-53-50(61)48(59)46(57)42(37-54)67-53/h4-5,7,11,13,17,19,22-23,27,29,41-43,46-54,57-62H,2-3,6,8-10,12,14-16,18,20-21,24-26,28,30-40H2,1H3/b7-5+,13-11+,19-17+,23-22+,29-27+/t41-,42+,43+,46-,47-,48?,49?,50?,51?,52+,53+/m0/s1. The van der Waals surface area contributed by atoms with Crippen LogP contribution in [0.3, 0.4) is 0 Å². The van der Waals surface area contributed by atoms with Crippen molar-refractivity contribution in [1.29, 1.82) is 0 Å². The first kappa shape index (κ1) is 61.1. The Hall–Kier alpha value is -3.06. The van der Waals surface area contributed by atoms with E-state index in [0.717, 1.165) is 57.8 Å². The number of esters is 2. The molecular weight excluding hydrogens is 877 g/mol. The molecule has 0 aromatic carbocycles. The summed E-state index contributed by atoms with van der Waals surface area (Å²) in [6, 6.07) is 0. The average Bonchev–Trinajstić information content (AvgIpc) is 3.33. The van der Waals surface area contributed by atoms with E-state index in [-0.39, 0.29) is 19.4 Å². The van der Waals surface area contributed by atoms with Gasteiger partial charge in [-0.3, -0.25) is 9.59 Å². The maximum atomic E-state index is 13.0. The molecule has 0 radical (unpaired) electrons. The monoisotopic (exact) mass is 965 g/mol. The lowest BCUT2D eigenvalue weighted by molar-refractivity contribution is -0.332. The highest BCUT2D eigenvalue weighted by molar-refractivity contribution is 5.70. The summed E-state index contributed by atoms with van der Waals surface area (Å²) in [5.74, 6) is -1.00. The van der Waals surface area contributed by atoms with Crippen molar-refractivity contribution in [2.45, 2.75) is 222 Å². The third-order valence-corrected chi connectivity index (χ3v) is 11.8. The fourth-order valence-corrected chi connectivity index (χ4v) is 7.64. The van der Waals surface area contributed by atoms with E-state index in [2.05, 4.69) is 62.1 Å². The van der Waals surface area contributed by atoms with Gasteiger partial charge in [-0.2, -0.15) is 0 Å². The highest BCUT2D eigenvalue weighted by atomic mass is 16.7. The third-order valence-electron chi connectivity index (χ3n) is 11.8. The summed E-state index contributed by atoms with van der Waals surface area (Å²) in [6.07, 6.45) is 28.3. The molecule has 0 amide bonds. The average molecular weight is 965 g/mol. The third kappa shape index (κ3) is 27.4. The number of carbonyl (C=O) groups excluding carboxylic acids is 2. The molecule has 390 valence electrons. The molecule has 68 heavy (non-hydrogen) atoms. The van der Waals surface area contributed by atoms with Gasteiger partial charge in [0.25, 0.3) is 0 Å². The zero-order chi connectivity index (χ0) is 49.6. The molecule has 0 bridgehead atoms. The van der Waals surface area contributed by atoms with Gasteiger partial charge < -0.3 is 64.2 Å². The van der Waals surface area contributed by atoms with Crippen LogP contribution in [0.4, 0.5) is 0 Å². The van der Waals surface area contributed by atoms with Crippen LogP contribution in [0, 0.1) is 0 Å². The van der Waals surface area contributed by atoms with E-state index >= 15 is 0 Å². The van der Waals surface area contributed by atoms with Crippen molar-refractivity contribution in [3.63, 3.8) is 0 Å². The second-order valence-electron chi connectivity index (χ2n) is 17.7. The minimum Gasteiger partial charge on any atom is -0.462 e. The van der Waals surface area contributed by atoms with Gasteiger partial charge in [-0.1, -0.05) is 144 Å². The molecule has 15 heteroatoms. The van der Waals surface area contributed by atoms with E-state index in [1.54, 1.807) is 0 Å². The summed E-state index contributed by atoms with van der Waals surface area (Å²) in [6.45, 7) is 3.94. The Kier molecular flexibility index (Phi) is 35.6. The quantitative estimate of drug-likeness (QED) is 0.0186. The second kappa shape index (κ2) is 39.6. The van der Waals surface area contributed by atoms with Crippen LogP contribution in [-0.2, 0) is 38.0 Å². The normalized spacial score (nSPS) is 26.2. The van der Waals surface area contributed by atoms with Crippen LogP contribution in [0.1, 0.15) is 155 Å². The van der Waals surface area contributed by atoms with Crippen LogP contribution in [0.25, 0.3) is 0 Å². The van der Waals surface area contributed by atoms with Crippen LogP contribution < -0.4 is 0 Å². The molecule has 0 spiro atoms. The molecule has 2 aliphatic rings. The molecule has 0 aliphatic carbocycles. The molecular formula is C53H88O15. The van der Waals surface area contributed by atoms with Gasteiger partial charge >= 0.3 is 11.9 Å². The van der Waals surface area contributed by atoms with Crippen molar-refractivity contribution in [2.24, 2.45) is 0 Å². The maximum absolute atomic E-state index is 13.0. The number of allylic oxidation sites excluding steroid dienone is 11. The van der Waals surface area contributed by atoms with Crippen molar-refractivity contribution < 1.29 is 73.8 Å². The van der Waals surface area contributed by atoms with Crippen molar-refractivity contribution in [2.75, 3.05) is 26.4 Å². The van der Waals surface area contributed by atoms with Crippen LogP contribution in [0.15, 0.2) is 73.4 Å².